The van der Waals surface area contributed by atoms with E-state index in [1.807, 2.05) is 19.2 Å². The maximum Gasteiger partial charge on any atom is 0.193 e. The van der Waals surface area contributed by atoms with Crippen molar-refractivity contribution >= 4 is 5.96 Å². The fourth-order valence-corrected chi connectivity index (χ4v) is 4.59. The number of hydrogen-bond acceptors (Lipinski definition) is 3. The van der Waals surface area contributed by atoms with Gasteiger partial charge < -0.3 is 19.9 Å². The molecule has 5 nitrogen and oxygen atoms in total. The maximum atomic E-state index is 5.28. The molecule has 1 saturated heterocycles. The molecule has 1 aliphatic heterocycles. The second-order valence-corrected chi connectivity index (χ2v) is 8.06. The van der Waals surface area contributed by atoms with Gasteiger partial charge in [0.25, 0.3) is 0 Å². The van der Waals surface area contributed by atoms with Crippen molar-refractivity contribution in [2.45, 2.75) is 38.1 Å². The Kier molecular flexibility index (Phi) is 6.07. The van der Waals surface area contributed by atoms with E-state index in [9.17, 15) is 0 Å². The van der Waals surface area contributed by atoms with Gasteiger partial charge in [0.2, 0.25) is 0 Å². The fraction of sp³-hybridized carbons (Fsp3) is 0.667. The van der Waals surface area contributed by atoms with Crippen molar-refractivity contribution in [1.29, 1.82) is 0 Å². The first-order chi connectivity index (χ1) is 12.6. The predicted molar refractivity (Wildman–Crippen MR) is 108 cm³/mol. The number of ether oxygens (including phenoxy) is 1. The smallest absolute Gasteiger partial charge is 0.193 e. The first-order valence-corrected chi connectivity index (χ1v) is 9.83. The molecule has 1 unspecified atom stereocenters. The number of aliphatic imine (C=N–C) groups is 1. The van der Waals surface area contributed by atoms with E-state index < -0.39 is 0 Å². The summed E-state index contributed by atoms with van der Waals surface area (Å²) < 4.78 is 5.28. The van der Waals surface area contributed by atoms with Crippen LogP contribution in [0.25, 0.3) is 0 Å². The van der Waals surface area contributed by atoms with Gasteiger partial charge in [-0.1, -0.05) is 25.0 Å². The van der Waals surface area contributed by atoms with Gasteiger partial charge in [-0.15, -0.1) is 0 Å². The Bertz CT molecular complexity index is 605. The van der Waals surface area contributed by atoms with Gasteiger partial charge in [-0.2, -0.15) is 0 Å². The van der Waals surface area contributed by atoms with Crippen LogP contribution in [0.3, 0.4) is 0 Å². The van der Waals surface area contributed by atoms with E-state index in [-0.39, 0.29) is 0 Å². The summed E-state index contributed by atoms with van der Waals surface area (Å²) in [6, 6.07) is 8.66. The Hall–Kier alpha value is -1.75. The molecular formula is C21H34N4O. The normalized spacial score (nSPS) is 20.8. The summed E-state index contributed by atoms with van der Waals surface area (Å²) in [5.41, 5.74) is 1.85. The molecule has 26 heavy (non-hydrogen) atoms. The average Bonchev–Trinajstić information content (AvgIpc) is 3.29. The van der Waals surface area contributed by atoms with Gasteiger partial charge >= 0.3 is 0 Å². The van der Waals surface area contributed by atoms with Crippen LogP contribution in [0.4, 0.5) is 0 Å². The molecule has 1 saturated carbocycles. The van der Waals surface area contributed by atoms with Crippen LogP contribution >= 0.6 is 0 Å². The molecule has 144 valence electrons. The summed E-state index contributed by atoms with van der Waals surface area (Å²) >= 11 is 0. The third-order valence-corrected chi connectivity index (χ3v) is 6.19. The zero-order valence-electron chi connectivity index (χ0n) is 16.8. The molecule has 2 aliphatic rings. The lowest BCUT2D eigenvalue weighted by molar-refractivity contribution is 0.289. The second-order valence-electron chi connectivity index (χ2n) is 8.06. The van der Waals surface area contributed by atoms with Gasteiger partial charge in [-0.25, -0.2) is 0 Å². The number of rotatable bonds is 5. The summed E-state index contributed by atoms with van der Waals surface area (Å²) in [7, 11) is 7.86. The number of nitrogens with one attached hydrogen (secondary N) is 1. The molecule has 1 heterocycles. The van der Waals surface area contributed by atoms with Crippen molar-refractivity contribution < 1.29 is 4.74 Å². The molecule has 1 aromatic carbocycles. The van der Waals surface area contributed by atoms with Crippen LogP contribution < -0.4 is 10.1 Å². The molecule has 0 aromatic heterocycles. The van der Waals surface area contributed by atoms with E-state index >= 15 is 0 Å². The van der Waals surface area contributed by atoms with Crippen LogP contribution in [0.15, 0.2) is 29.3 Å². The third kappa shape index (κ3) is 4.14. The summed E-state index contributed by atoms with van der Waals surface area (Å²) in [5, 5.41) is 3.63. The third-order valence-electron chi connectivity index (χ3n) is 6.19. The van der Waals surface area contributed by atoms with Crippen molar-refractivity contribution in [3.63, 3.8) is 0 Å². The highest BCUT2D eigenvalue weighted by molar-refractivity contribution is 5.80. The van der Waals surface area contributed by atoms with Gasteiger partial charge in [-0.3, -0.25) is 4.99 Å². The van der Waals surface area contributed by atoms with Crippen molar-refractivity contribution in [2.75, 3.05) is 47.9 Å². The highest BCUT2D eigenvalue weighted by Crippen LogP contribution is 2.45. The monoisotopic (exact) mass is 358 g/mol. The van der Waals surface area contributed by atoms with Gasteiger partial charge in [-0.05, 0) is 56.5 Å². The highest BCUT2D eigenvalue weighted by Gasteiger charge is 2.41. The van der Waals surface area contributed by atoms with Crippen molar-refractivity contribution in [3.8, 4) is 5.75 Å². The second kappa shape index (κ2) is 8.30. The largest absolute Gasteiger partial charge is 0.497 e. The molecule has 1 N–H and O–H groups in total. The van der Waals surface area contributed by atoms with Gasteiger partial charge in [0.15, 0.2) is 5.96 Å². The number of methoxy groups -OCH3 is 1. The molecule has 5 heteroatoms. The Labute approximate surface area is 158 Å². The minimum Gasteiger partial charge on any atom is -0.497 e. The highest BCUT2D eigenvalue weighted by atomic mass is 16.5. The maximum absolute atomic E-state index is 5.28. The number of hydrogen-bond donors (Lipinski definition) is 1. The van der Waals surface area contributed by atoms with Crippen molar-refractivity contribution in [1.82, 2.24) is 15.1 Å². The number of guanidine groups is 1. The molecule has 3 rings (SSSR count). The average molecular weight is 359 g/mol. The quantitative estimate of drug-likeness (QED) is 0.648. The SMILES string of the molecule is CN=C(NCC(c1ccc(OC)cc1)N(C)C)N1CCC2(CCCC2)C1. The lowest BCUT2D eigenvalue weighted by atomic mass is 9.86. The molecule has 2 fully saturated rings. The molecule has 1 aromatic rings. The zero-order chi connectivity index (χ0) is 18.6. The van der Waals surface area contributed by atoms with E-state index in [4.69, 9.17) is 4.74 Å². The Morgan fingerprint density at radius 3 is 2.50 bits per heavy atom. The van der Waals surface area contributed by atoms with E-state index in [1.165, 1.54) is 44.2 Å². The molecule has 0 amide bonds. The number of nitrogens with zero attached hydrogens (tertiary/aromatic N) is 3. The number of likely N-dealkylation sites (tertiary alicyclic amines) is 1. The lowest BCUT2D eigenvalue weighted by Crippen LogP contribution is -2.44. The van der Waals surface area contributed by atoms with Crippen LogP contribution in [0.5, 0.6) is 5.75 Å². The minimum absolute atomic E-state index is 0.292. The minimum atomic E-state index is 0.292. The van der Waals surface area contributed by atoms with Crippen molar-refractivity contribution in [2.24, 2.45) is 10.4 Å². The Morgan fingerprint density at radius 1 is 1.23 bits per heavy atom. The summed E-state index contributed by atoms with van der Waals surface area (Å²) in [6.45, 7) is 3.15. The van der Waals surface area contributed by atoms with Crippen LogP contribution in [-0.4, -0.2) is 63.6 Å². The van der Waals surface area contributed by atoms with E-state index in [2.05, 4.69) is 46.3 Å². The van der Waals surface area contributed by atoms with Crippen LogP contribution in [-0.2, 0) is 0 Å². The first-order valence-electron chi connectivity index (χ1n) is 9.83. The Balaban J connectivity index is 1.62. The van der Waals surface area contributed by atoms with E-state index in [0.717, 1.165) is 24.8 Å². The number of likely N-dealkylation sites (N-methyl/N-ethyl adjacent to an activating group) is 1. The topological polar surface area (TPSA) is 40.1 Å². The lowest BCUT2D eigenvalue weighted by Gasteiger charge is -2.29. The summed E-state index contributed by atoms with van der Waals surface area (Å²) in [4.78, 5) is 9.29. The molecular weight excluding hydrogens is 324 g/mol. The zero-order valence-corrected chi connectivity index (χ0v) is 16.8. The summed E-state index contributed by atoms with van der Waals surface area (Å²) in [6.07, 6.45) is 6.92. The van der Waals surface area contributed by atoms with Crippen molar-refractivity contribution in [3.05, 3.63) is 29.8 Å². The van der Waals surface area contributed by atoms with E-state index in [1.54, 1.807) is 7.11 Å². The van der Waals surface area contributed by atoms with Gasteiger partial charge in [0, 0.05) is 26.7 Å². The van der Waals surface area contributed by atoms with Crippen LogP contribution in [0.2, 0.25) is 0 Å². The van der Waals surface area contributed by atoms with E-state index in [0.29, 0.717) is 11.5 Å². The summed E-state index contributed by atoms with van der Waals surface area (Å²) in [5.74, 6) is 1.95. The van der Waals surface area contributed by atoms with Gasteiger partial charge in [0.05, 0.1) is 13.2 Å². The Morgan fingerprint density at radius 2 is 1.92 bits per heavy atom. The van der Waals surface area contributed by atoms with Crippen LogP contribution in [0.1, 0.15) is 43.7 Å². The number of benzene rings is 1. The first kappa shape index (κ1) is 19.0. The molecule has 0 radical (unpaired) electrons. The molecule has 1 aliphatic carbocycles. The molecule has 1 atom stereocenters. The van der Waals surface area contributed by atoms with Gasteiger partial charge in [0.1, 0.15) is 5.75 Å². The molecule has 1 spiro atoms. The predicted octanol–water partition coefficient (Wildman–Crippen LogP) is 3.14. The fourth-order valence-electron chi connectivity index (χ4n) is 4.59. The molecule has 0 bridgehead atoms. The standard InChI is InChI=1S/C21H34N4O/c1-22-20(25-14-13-21(16-25)11-5-6-12-21)23-15-19(24(2)3)17-7-9-18(26-4)10-8-17/h7-10,19H,5-6,11-16H2,1-4H3,(H,22,23). The van der Waals surface area contributed by atoms with Crippen LogP contribution in [0, 0.1) is 5.41 Å².